The number of alkyl halides is 3. The largest absolute Gasteiger partial charge is 0.449 e. The van der Waals surface area contributed by atoms with Crippen molar-refractivity contribution in [2.75, 3.05) is 6.54 Å². The van der Waals surface area contributed by atoms with Crippen LogP contribution in [0.15, 0.2) is 12.4 Å². The third-order valence-electron chi connectivity index (χ3n) is 3.97. The Kier molecular flexibility index (Phi) is 4.18. The lowest BCUT2D eigenvalue weighted by Crippen LogP contribution is -2.30. The summed E-state index contributed by atoms with van der Waals surface area (Å²) in [6.45, 7) is 6.17. The van der Waals surface area contributed by atoms with E-state index < -0.39 is 12.0 Å². The minimum atomic E-state index is -4.45. The van der Waals surface area contributed by atoms with Gasteiger partial charge in [0.1, 0.15) is 0 Å². The van der Waals surface area contributed by atoms with Crippen LogP contribution in [0.2, 0.25) is 0 Å². The Morgan fingerprint density at radius 3 is 2.83 bits per heavy atom. The summed E-state index contributed by atoms with van der Waals surface area (Å²) in [5.74, 6) is -0.275. The fourth-order valence-electron chi connectivity index (χ4n) is 2.75. The molecule has 3 rings (SSSR count). The standard InChI is InChI=1S/C15H20F3N5/c1-10(2)3-5-22-9-11(7-20-22)13-12-8-19-4-6-23(12)14(21-13)15(16,17)18/h7,9-10,19H,3-6,8H2,1-2H3. The van der Waals surface area contributed by atoms with Gasteiger partial charge in [-0.1, -0.05) is 13.8 Å². The smallest absolute Gasteiger partial charge is 0.321 e. The lowest BCUT2D eigenvalue weighted by atomic mass is 10.1. The summed E-state index contributed by atoms with van der Waals surface area (Å²) < 4.78 is 42.6. The number of imidazole rings is 1. The SMILES string of the molecule is CC(C)CCn1cc(-c2nc(C(F)(F)F)n3c2CNCC3)cn1. The van der Waals surface area contributed by atoms with Gasteiger partial charge in [0.05, 0.1) is 17.6 Å². The molecule has 0 atom stereocenters. The minimum absolute atomic E-state index is 0.276. The highest BCUT2D eigenvalue weighted by atomic mass is 19.4. The van der Waals surface area contributed by atoms with Crippen LogP contribution in [0.25, 0.3) is 11.3 Å². The summed E-state index contributed by atoms with van der Waals surface area (Å²) in [6, 6.07) is 0. The van der Waals surface area contributed by atoms with E-state index in [4.69, 9.17) is 0 Å². The van der Waals surface area contributed by atoms with Crippen molar-refractivity contribution in [2.45, 2.75) is 46.1 Å². The molecule has 1 aliphatic heterocycles. The second kappa shape index (κ2) is 5.99. The predicted octanol–water partition coefficient (Wildman–Crippen LogP) is 2.91. The Labute approximate surface area is 132 Å². The highest BCUT2D eigenvalue weighted by molar-refractivity contribution is 5.61. The number of hydrogen-bond acceptors (Lipinski definition) is 3. The molecule has 3 heterocycles. The van der Waals surface area contributed by atoms with Gasteiger partial charge in [0.2, 0.25) is 5.82 Å². The van der Waals surface area contributed by atoms with Crippen LogP contribution >= 0.6 is 0 Å². The van der Waals surface area contributed by atoms with Gasteiger partial charge in [-0.2, -0.15) is 18.3 Å². The molecule has 5 nitrogen and oxygen atoms in total. The van der Waals surface area contributed by atoms with E-state index in [-0.39, 0.29) is 6.54 Å². The van der Waals surface area contributed by atoms with Crippen molar-refractivity contribution in [3.63, 3.8) is 0 Å². The number of aromatic nitrogens is 4. The van der Waals surface area contributed by atoms with Crippen LogP contribution in [0.1, 0.15) is 31.8 Å². The molecule has 0 aliphatic carbocycles. The molecule has 0 bridgehead atoms. The maximum Gasteiger partial charge on any atom is 0.449 e. The molecule has 0 unspecified atom stereocenters. The number of nitrogens with zero attached hydrogens (tertiary/aromatic N) is 4. The van der Waals surface area contributed by atoms with E-state index >= 15 is 0 Å². The third-order valence-corrected chi connectivity index (χ3v) is 3.97. The summed E-state index contributed by atoms with van der Waals surface area (Å²) in [4.78, 5) is 3.89. The maximum atomic E-state index is 13.2. The summed E-state index contributed by atoms with van der Waals surface area (Å²) in [7, 11) is 0. The van der Waals surface area contributed by atoms with Crippen LogP contribution in [0.5, 0.6) is 0 Å². The zero-order chi connectivity index (χ0) is 16.6. The average Bonchev–Trinajstić information content (AvgIpc) is 3.08. The molecule has 0 saturated carbocycles. The highest BCUT2D eigenvalue weighted by Gasteiger charge is 2.39. The average molecular weight is 327 g/mol. The van der Waals surface area contributed by atoms with Gasteiger partial charge in [-0.15, -0.1) is 0 Å². The molecule has 2 aromatic heterocycles. The first-order valence-corrected chi connectivity index (χ1v) is 7.76. The van der Waals surface area contributed by atoms with E-state index in [1.54, 1.807) is 17.1 Å². The van der Waals surface area contributed by atoms with Crippen LogP contribution < -0.4 is 5.32 Å². The molecule has 0 fully saturated rings. The lowest BCUT2D eigenvalue weighted by molar-refractivity contribution is -0.147. The maximum absolute atomic E-state index is 13.2. The van der Waals surface area contributed by atoms with Gasteiger partial charge >= 0.3 is 6.18 Å². The molecule has 1 N–H and O–H groups in total. The van der Waals surface area contributed by atoms with E-state index in [1.165, 1.54) is 4.57 Å². The molecule has 0 spiro atoms. The van der Waals surface area contributed by atoms with Crippen LogP contribution in [0.4, 0.5) is 13.2 Å². The number of halogens is 3. The Morgan fingerprint density at radius 2 is 2.13 bits per heavy atom. The molecule has 8 heteroatoms. The Morgan fingerprint density at radius 1 is 1.35 bits per heavy atom. The van der Waals surface area contributed by atoms with Crippen LogP contribution in [0, 0.1) is 5.92 Å². The van der Waals surface area contributed by atoms with Crippen molar-refractivity contribution >= 4 is 0 Å². The lowest BCUT2D eigenvalue weighted by Gasteiger charge is -2.19. The Hall–Kier alpha value is -1.83. The number of nitrogens with one attached hydrogen (secondary N) is 1. The van der Waals surface area contributed by atoms with Crippen LogP contribution in [-0.2, 0) is 25.8 Å². The molecule has 0 radical (unpaired) electrons. The molecule has 1 aliphatic rings. The van der Waals surface area contributed by atoms with Crippen LogP contribution in [-0.4, -0.2) is 25.9 Å². The summed E-state index contributed by atoms with van der Waals surface area (Å²) in [5.41, 5.74) is 1.59. The molecule has 2 aromatic rings. The Balaban J connectivity index is 1.95. The van der Waals surface area contributed by atoms with Crippen molar-refractivity contribution < 1.29 is 13.2 Å². The molecule has 126 valence electrons. The van der Waals surface area contributed by atoms with Gasteiger partial charge in [-0.05, 0) is 12.3 Å². The molecule has 0 aromatic carbocycles. The van der Waals surface area contributed by atoms with Gasteiger partial charge in [-0.3, -0.25) is 4.68 Å². The zero-order valence-electron chi connectivity index (χ0n) is 13.2. The van der Waals surface area contributed by atoms with Crippen LogP contribution in [0.3, 0.4) is 0 Å². The van der Waals surface area contributed by atoms with Gasteiger partial charge in [0.15, 0.2) is 0 Å². The molecular weight excluding hydrogens is 307 g/mol. The van der Waals surface area contributed by atoms with Crippen molar-refractivity contribution in [3.8, 4) is 11.3 Å². The van der Waals surface area contributed by atoms with E-state index in [9.17, 15) is 13.2 Å². The Bertz CT molecular complexity index is 684. The first-order chi connectivity index (χ1) is 10.9. The first kappa shape index (κ1) is 16.0. The number of rotatable bonds is 4. The molecule has 0 amide bonds. The molecular formula is C15H20F3N5. The van der Waals surface area contributed by atoms with Crippen molar-refractivity contribution in [3.05, 3.63) is 23.9 Å². The number of fused-ring (bicyclic) bond motifs is 1. The first-order valence-electron chi connectivity index (χ1n) is 7.76. The van der Waals surface area contributed by atoms with E-state index in [0.29, 0.717) is 36.0 Å². The van der Waals surface area contributed by atoms with E-state index in [1.807, 2.05) is 0 Å². The summed E-state index contributed by atoms with van der Waals surface area (Å²) >= 11 is 0. The van der Waals surface area contributed by atoms with Gasteiger partial charge in [-0.25, -0.2) is 4.98 Å². The quantitative estimate of drug-likeness (QED) is 0.939. The minimum Gasteiger partial charge on any atom is -0.321 e. The second-order valence-electron chi connectivity index (χ2n) is 6.23. The third kappa shape index (κ3) is 3.26. The predicted molar refractivity (Wildman–Crippen MR) is 79.6 cm³/mol. The number of aryl methyl sites for hydroxylation is 1. The fourth-order valence-corrected chi connectivity index (χ4v) is 2.75. The summed E-state index contributed by atoms with van der Waals surface area (Å²) in [5, 5.41) is 7.36. The topological polar surface area (TPSA) is 47.7 Å². The number of hydrogen-bond donors (Lipinski definition) is 1. The second-order valence-corrected chi connectivity index (χ2v) is 6.23. The monoisotopic (exact) mass is 327 g/mol. The van der Waals surface area contributed by atoms with Gasteiger partial charge in [0.25, 0.3) is 0 Å². The highest BCUT2D eigenvalue weighted by Crippen LogP contribution is 2.34. The summed E-state index contributed by atoms with van der Waals surface area (Å²) in [6.07, 6.45) is -0.103. The van der Waals surface area contributed by atoms with Crippen molar-refractivity contribution in [1.82, 2.24) is 24.6 Å². The molecule has 0 saturated heterocycles. The van der Waals surface area contributed by atoms with E-state index in [2.05, 4.69) is 29.2 Å². The van der Waals surface area contributed by atoms with Gasteiger partial charge < -0.3 is 9.88 Å². The normalized spacial score (nSPS) is 15.2. The van der Waals surface area contributed by atoms with E-state index in [0.717, 1.165) is 13.0 Å². The zero-order valence-corrected chi connectivity index (χ0v) is 13.2. The van der Waals surface area contributed by atoms with Crippen molar-refractivity contribution in [2.24, 2.45) is 5.92 Å². The van der Waals surface area contributed by atoms with Gasteiger partial charge in [0, 0.05) is 37.9 Å². The van der Waals surface area contributed by atoms with Crippen molar-refractivity contribution in [1.29, 1.82) is 0 Å². The molecule has 23 heavy (non-hydrogen) atoms. The fraction of sp³-hybridized carbons (Fsp3) is 0.600.